The first-order valence-corrected chi connectivity index (χ1v) is 6.46. The van der Waals surface area contributed by atoms with E-state index in [9.17, 15) is 0 Å². The Hall–Kier alpha value is -1.06. The first-order valence-electron chi connectivity index (χ1n) is 6.46. The van der Waals surface area contributed by atoms with Crippen LogP contribution in [0.25, 0.3) is 0 Å². The van der Waals surface area contributed by atoms with Crippen molar-refractivity contribution in [3.8, 4) is 0 Å². The predicted molar refractivity (Wildman–Crippen MR) is 67.0 cm³/mol. The fraction of sp³-hybridized carbons (Fsp3) is 0.571. The molecular weight excluding hydrogens is 214 g/mol. The van der Waals surface area contributed by atoms with Crippen molar-refractivity contribution in [2.75, 3.05) is 18.5 Å². The van der Waals surface area contributed by atoms with Crippen molar-refractivity contribution < 1.29 is 9.47 Å². The van der Waals surface area contributed by atoms with Crippen molar-refractivity contribution in [3.63, 3.8) is 0 Å². The van der Waals surface area contributed by atoms with E-state index >= 15 is 0 Å². The third kappa shape index (κ3) is 2.45. The molecule has 0 atom stereocenters. The van der Waals surface area contributed by atoms with E-state index in [1.54, 1.807) is 0 Å². The first-order chi connectivity index (χ1) is 8.36. The molecule has 1 heterocycles. The lowest BCUT2D eigenvalue weighted by molar-refractivity contribution is -0.177. The Morgan fingerprint density at radius 2 is 1.65 bits per heavy atom. The van der Waals surface area contributed by atoms with Gasteiger partial charge in [-0.25, -0.2) is 0 Å². The monoisotopic (exact) mass is 233 g/mol. The fourth-order valence-electron chi connectivity index (χ4n) is 2.76. The number of benzene rings is 1. The van der Waals surface area contributed by atoms with Crippen LogP contribution in [0.3, 0.4) is 0 Å². The molecule has 17 heavy (non-hydrogen) atoms. The van der Waals surface area contributed by atoms with Gasteiger partial charge in [-0.05, 0) is 25.0 Å². The van der Waals surface area contributed by atoms with Crippen LogP contribution < -0.4 is 5.32 Å². The van der Waals surface area contributed by atoms with Gasteiger partial charge in [-0.2, -0.15) is 0 Å². The number of hydrogen-bond donors (Lipinski definition) is 1. The van der Waals surface area contributed by atoms with Crippen LogP contribution in [0.2, 0.25) is 0 Å². The molecule has 1 aromatic rings. The molecular formula is C14H19NO2. The molecule has 1 aromatic carbocycles. The minimum atomic E-state index is -0.241. The average molecular weight is 233 g/mol. The molecule has 3 rings (SSSR count). The maximum absolute atomic E-state index is 5.73. The maximum Gasteiger partial charge on any atom is 0.168 e. The van der Waals surface area contributed by atoms with Gasteiger partial charge in [-0.1, -0.05) is 18.2 Å². The van der Waals surface area contributed by atoms with Crippen molar-refractivity contribution in [2.24, 2.45) is 0 Å². The summed E-state index contributed by atoms with van der Waals surface area (Å²) in [4.78, 5) is 0. The van der Waals surface area contributed by atoms with Gasteiger partial charge in [0.2, 0.25) is 0 Å². The molecule has 1 saturated heterocycles. The molecule has 0 bridgehead atoms. The van der Waals surface area contributed by atoms with E-state index in [0.717, 1.165) is 38.9 Å². The van der Waals surface area contributed by atoms with E-state index in [4.69, 9.17) is 9.47 Å². The smallest absolute Gasteiger partial charge is 0.168 e. The molecule has 1 spiro atoms. The number of rotatable bonds is 2. The Morgan fingerprint density at radius 1 is 1.00 bits per heavy atom. The lowest BCUT2D eigenvalue weighted by Gasteiger charge is -2.36. The van der Waals surface area contributed by atoms with Crippen LogP contribution in [0.5, 0.6) is 0 Å². The highest BCUT2D eigenvalue weighted by Crippen LogP contribution is 2.36. The minimum Gasteiger partial charge on any atom is -0.382 e. The second-order valence-corrected chi connectivity index (χ2v) is 4.89. The molecule has 0 unspecified atom stereocenters. The van der Waals surface area contributed by atoms with Gasteiger partial charge in [0, 0.05) is 24.6 Å². The number of ether oxygens (including phenoxy) is 2. The Morgan fingerprint density at radius 3 is 2.29 bits per heavy atom. The second kappa shape index (κ2) is 4.67. The Bertz CT molecular complexity index is 350. The van der Waals surface area contributed by atoms with Crippen LogP contribution >= 0.6 is 0 Å². The van der Waals surface area contributed by atoms with Crippen LogP contribution in [-0.2, 0) is 9.47 Å². The van der Waals surface area contributed by atoms with Crippen molar-refractivity contribution in [1.82, 2.24) is 0 Å². The Kier molecular flexibility index (Phi) is 3.04. The van der Waals surface area contributed by atoms with Gasteiger partial charge in [0.1, 0.15) is 0 Å². The van der Waals surface area contributed by atoms with E-state index < -0.39 is 0 Å². The van der Waals surface area contributed by atoms with Crippen molar-refractivity contribution in [1.29, 1.82) is 0 Å². The maximum atomic E-state index is 5.73. The van der Waals surface area contributed by atoms with Crippen LogP contribution in [0.4, 0.5) is 5.69 Å². The van der Waals surface area contributed by atoms with E-state index in [-0.39, 0.29) is 5.79 Å². The SMILES string of the molecule is c1ccc(NC2CCC3(CC2)OCCO3)cc1. The van der Waals surface area contributed by atoms with Crippen LogP contribution in [-0.4, -0.2) is 25.0 Å². The van der Waals surface area contributed by atoms with Gasteiger partial charge < -0.3 is 14.8 Å². The molecule has 1 saturated carbocycles. The van der Waals surface area contributed by atoms with E-state index in [2.05, 4.69) is 29.6 Å². The largest absolute Gasteiger partial charge is 0.382 e. The van der Waals surface area contributed by atoms with E-state index in [0.29, 0.717) is 6.04 Å². The highest BCUT2D eigenvalue weighted by Gasteiger charge is 2.40. The summed E-state index contributed by atoms with van der Waals surface area (Å²) in [7, 11) is 0. The van der Waals surface area contributed by atoms with Crippen molar-refractivity contribution in [2.45, 2.75) is 37.5 Å². The Balaban J connectivity index is 1.55. The first kappa shape index (κ1) is 11.1. The van der Waals surface area contributed by atoms with Crippen molar-refractivity contribution >= 4 is 5.69 Å². The molecule has 92 valence electrons. The zero-order valence-electron chi connectivity index (χ0n) is 10.0. The van der Waals surface area contributed by atoms with E-state index in [1.807, 2.05) is 6.07 Å². The Labute approximate surface area is 102 Å². The summed E-state index contributed by atoms with van der Waals surface area (Å²) in [6.07, 6.45) is 4.26. The third-order valence-electron chi connectivity index (χ3n) is 3.71. The molecule has 0 amide bonds. The highest BCUT2D eigenvalue weighted by molar-refractivity contribution is 5.43. The summed E-state index contributed by atoms with van der Waals surface area (Å²) in [5, 5.41) is 3.58. The lowest BCUT2D eigenvalue weighted by atomic mass is 9.90. The third-order valence-corrected chi connectivity index (χ3v) is 3.71. The summed E-state index contributed by atoms with van der Waals surface area (Å²) >= 11 is 0. The zero-order chi connectivity index (χ0) is 11.6. The number of anilines is 1. The van der Waals surface area contributed by atoms with Crippen molar-refractivity contribution in [3.05, 3.63) is 30.3 Å². The molecule has 3 nitrogen and oxygen atoms in total. The lowest BCUT2D eigenvalue weighted by Crippen LogP contribution is -2.39. The van der Waals surface area contributed by atoms with E-state index in [1.165, 1.54) is 5.69 Å². The summed E-state index contributed by atoms with van der Waals surface area (Å²) in [6, 6.07) is 11.0. The van der Waals surface area contributed by atoms with Gasteiger partial charge >= 0.3 is 0 Å². The van der Waals surface area contributed by atoms with Gasteiger partial charge in [0.15, 0.2) is 5.79 Å². The second-order valence-electron chi connectivity index (χ2n) is 4.89. The molecule has 2 aliphatic rings. The normalized spacial score (nSPS) is 24.0. The number of nitrogens with one attached hydrogen (secondary N) is 1. The standard InChI is InChI=1S/C14H19NO2/c1-2-4-12(5-3-1)15-13-6-8-14(9-7-13)16-10-11-17-14/h1-5,13,15H,6-11H2. The molecule has 3 heteroatoms. The van der Waals surface area contributed by atoms with Crippen LogP contribution in [0.1, 0.15) is 25.7 Å². The number of para-hydroxylation sites is 1. The molecule has 1 aliphatic carbocycles. The van der Waals surface area contributed by atoms with Crippen LogP contribution in [0, 0.1) is 0 Å². The predicted octanol–water partition coefficient (Wildman–Crippen LogP) is 2.78. The molecule has 0 radical (unpaired) electrons. The molecule has 2 fully saturated rings. The van der Waals surface area contributed by atoms with Gasteiger partial charge in [0.25, 0.3) is 0 Å². The topological polar surface area (TPSA) is 30.5 Å². The summed E-state index contributed by atoms with van der Waals surface area (Å²) in [5.74, 6) is -0.241. The zero-order valence-corrected chi connectivity index (χ0v) is 10.0. The van der Waals surface area contributed by atoms with Gasteiger partial charge in [-0.15, -0.1) is 0 Å². The molecule has 1 aliphatic heterocycles. The van der Waals surface area contributed by atoms with Gasteiger partial charge in [-0.3, -0.25) is 0 Å². The minimum absolute atomic E-state index is 0.241. The summed E-state index contributed by atoms with van der Waals surface area (Å²) in [5.41, 5.74) is 1.21. The highest BCUT2D eigenvalue weighted by atomic mass is 16.7. The summed E-state index contributed by atoms with van der Waals surface area (Å²) < 4.78 is 11.5. The van der Waals surface area contributed by atoms with Crippen LogP contribution in [0.15, 0.2) is 30.3 Å². The quantitative estimate of drug-likeness (QED) is 0.852. The molecule has 1 N–H and O–H groups in total. The number of hydrogen-bond acceptors (Lipinski definition) is 3. The molecule has 0 aromatic heterocycles. The summed E-state index contributed by atoms with van der Waals surface area (Å²) in [6.45, 7) is 1.52. The average Bonchev–Trinajstić information content (AvgIpc) is 2.83. The fourth-order valence-corrected chi connectivity index (χ4v) is 2.76. The van der Waals surface area contributed by atoms with Gasteiger partial charge in [0.05, 0.1) is 13.2 Å².